The first-order valence-corrected chi connectivity index (χ1v) is 8.61. The molecule has 0 radical (unpaired) electrons. The van der Waals surface area contributed by atoms with Gasteiger partial charge in [-0.05, 0) is 48.5 Å². The first kappa shape index (κ1) is 12.6. The van der Waals surface area contributed by atoms with Gasteiger partial charge in [0.25, 0.3) is 0 Å². The molecule has 0 aromatic carbocycles. The first-order valence-electron chi connectivity index (χ1n) is 6.24. The van der Waals surface area contributed by atoms with Gasteiger partial charge in [0.05, 0.1) is 11.5 Å². The number of thiophene rings is 1. The minimum Gasteiger partial charge on any atom is -0.391 e. The Morgan fingerprint density at radius 3 is 2.72 bits per heavy atom. The SMILES string of the molecule is O=S(=O)(NCC1(C2CC2)CC1)c1ccsc1CO. The molecule has 2 aliphatic rings. The lowest BCUT2D eigenvalue weighted by molar-refractivity contribution is 0.282. The van der Waals surface area contributed by atoms with Crippen molar-refractivity contribution in [3.63, 3.8) is 0 Å². The Kier molecular flexibility index (Phi) is 3.01. The highest BCUT2D eigenvalue weighted by atomic mass is 32.2. The Bertz CT molecular complexity index is 541. The Balaban J connectivity index is 1.71. The molecule has 6 heteroatoms. The maximum Gasteiger partial charge on any atom is 0.241 e. The summed E-state index contributed by atoms with van der Waals surface area (Å²) < 4.78 is 27.1. The summed E-state index contributed by atoms with van der Waals surface area (Å²) in [6, 6.07) is 1.56. The predicted molar refractivity (Wildman–Crippen MR) is 69.8 cm³/mol. The van der Waals surface area contributed by atoms with Crippen molar-refractivity contribution < 1.29 is 13.5 Å². The van der Waals surface area contributed by atoms with Crippen molar-refractivity contribution in [2.24, 2.45) is 11.3 Å². The summed E-state index contributed by atoms with van der Waals surface area (Å²) in [7, 11) is -3.46. The van der Waals surface area contributed by atoms with E-state index >= 15 is 0 Å². The van der Waals surface area contributed by atoms with Gasteiger partial charge < -0.3 is 5.11 Å². The number of aliphatic hydroxyl groups excluding tert-OH is 1. The van der Waals surface area contributed by atoms with Crippen LogP contribution in [0.15, 0.2) is 16.3 Å². The fourth-order valence-corrected chi connectivity index (χ4v) is 5.02. The molecule has 2 aliphatic carbocycles. The van der Waals surface area contributed by atoms with Crippen LogP contribution in [-0.4, -0.2) is 20.1 Å². The number of sulfonamides is 1. The van der Waals surface area contributed by atoms with Crippen LogP contribution in [-0.2, 0) is 16.6 Å². The molecule has 4 nitrogen and oxygen atoms in total. The maximum atomic E-state index is 12.2. The van der Waals surface area contributed by atoms with Crippen LogP contribution in [0.5, 0.6) is 0 Å². The van der Waals surface area contributed by atoms with E-state index in [1.807, 2.05) is 0 Å². The van der Waals surface area contributed by atoms with Crippen LogP contribution in [0.25, 0.3) is 0 Å². The molecule has 0 saturated heterocycles. The molecule has 0 amide bonds. The van der Waals surface area contributed by atoms with Gasteiger partial charge in [0.2, 0.25) is 10.0 Å². The van der Waals surface area contributed by atoms with E-state index in [-0.39, 0.29) is 16.9 Å². The number of rotatable bonds is 6. The third-order valence-corrected chi connectivity index (χ3v) is 6.61. The summed E-state index contributed by atoms with van der Waals surface area (Å²) in [6.45, 7) is 0.336. The third kappa shape index (κ3) is 2.22. The van der Waals surface area contributed by atoms with Crippen LogP contribution in [0.2, 0.25) is 0 Å². The lowest BCUT2D eigenvalue weighted by Gasteiger charge is -2.15. The molecule has 1 aromatic heterocycles. The van der Waals surface area contributed by atoms with E-state index in [4.69, 9.17) is 5.11 Å². The maximum absolute atomic E-state index is 12.2. The van der Waals surface area contributed by atoms with Crippen molar-refractivity contribution in [3.8, 4) is 0 Å². The monoisotopic (exact) mass is 287 g/mol. The number of hydrogen-bond acceptors (Lipinski definition) is 4. The number of nitrogens with one attached hydrogen (secondary N) is 1. The van der Waals surface area contributed by atoms with Gasteiger partial charge in [-0.2, -0.15) is 0 Å². The van der Waals surface area contributed by atoms with Crippen molar-refractivity contribution >= 4 is 21.4 Å². The summed E-state index contributed by atoms with van der Waals surface area (Å²) in [5, 5.41) is 10.8. The van der Waals surface area contributed by atoms with Crippen LogP contribution in [0, 0.1) is 11.3 Å². The van der Waals surface area contributed by atoms with Crippen molar-refractivity contribution in [1.82, 2.24) is 4.72 Å². The zero-order valence-electron chi connectivity index (χ0n) is 10.1. The van der Waals surface area contributed by atoms with E-state index in [9.17, 15) is 8.42 Å². The standard InChI is InChI=1S/C12H17NO3S2/c14-7-10-11(3-6-17-10)18(15,16)13-8-12(4-5-12)9-1-2-9/h3,6,9,13-14H,1-2,4-5,7-8H2. The third-order valence-electron chi connectivity index (χ3n) is 4.09. The minimum atomic E-state index is -3.46. The quantitative estimate of drug-likeness (QED) is 0.837. The van der Waals surface area contributed by atoms with Crippen LogP contribution in [0.3, 0.4) is 0 Å². The summed E-state index contributed by atoms with van der Waals surface area (Å²) in [5.41, 5.74) is 0.252. The summed E-state index contributed by atoms with van der Waals surface area (Å²) in [4.78, 5) is 0.750. The van der Waals surface area contributed by atoms with Crippen molar-refractivity contribution in [2.75, 3.05) is 6.54 Å². The van der Waals surface area contributed by atoms with Gasteiger partial charge in [-0.1, -0.05) is 0 Å². The Morgan fingerprint density at radius 1 is 1.44 bits per heavy atom. The van der Waals surface area contributed by atoms with E-state index in [1.54, 1.807) is 11.4 Å². The summed E-state index contributed by atoms with van der Waals surface area (Å²) >= 11 is 1.27. The van der Waals surface area contributed by atoms with Crippen LogP contribution in [0.4, 0.5) is 0 Å². The van der Waals surface area contributed by atoms with E-state index in [1.165, 1.54) is 24.2 Å². The number of hydrogen-bond donors (Lipinski definition) is 2. The fraction of sp³-hybridized carbons (Fsp3) is 0.667. The molecule has 0 spiro atoms. The van der Waals surface area contributed by atoms with Gasteiger partial charge in [-0.15, -0.1) is 11.3 Å². The Morgan fingerprint density at radius 2 is 2.17 bits per heavy atom. The molecule has 0 atom stereocenters. The second-order valence-corrected chi connectivity index (χ2v) is 8.06. The highest BCUT2D eigenvalue weighted by Crippen LogP contribution is 2.60. The zero-order chi connectivity index (χ0) is 12.8. The largest absolute Gasteiger partial charge is 0.391 e. The fourth-order valence-electron chi connectivity index (χ4n) is 2.59. The van der Waals surface area contributed by atoms with E-state index in [0.717, 1.165) is 18.8 Å². The average molecular weight is 287 g/mol. The molecule has 18 heavy (non-hydrogen) atoms. The number of aliphatic hydroxyl groups is 1. The van der Waals surface area contributed by atoms with E-state index in [0.29, 0.717) is 11.4 Å². The van der Waals surface area contributed by atoms with Gasteiger partial charge in [-0.25, -0.2) is 13.1 Å². The van der Waals surface area contributed by atoms with E-state index in [2.05, 4.69) is 4.72 Å². The molecular formula is C12H17NO3S2. The average Bonchev–Trinajstić information content (AvgIpc) is 3.23. The minimum absolute atomic E-state index is 0.221. The van der Waals surface area contributed by atoms with Crippen molar-refractivity contribution in [3.05, 3.63) is 16.3 Å². The second-order valence-electron chi connectivity index (χ2n) is 5.33. The topological polar surface area (TPSA) is 66.4 Å². The molecule has 100 valence electrons. The van der Waals surface area contributed by atoms with Gasteiger partial charge in [-0.3, -0.25) is 0 Å². The van der Waals surface area contributed by atoms with Gasteiger partial charge in [0.1, 0.15) is 0 Å². The lowest BCUT2D eigenvalue weighted by Crippen LogP contribution is -2.31. The van der Waals surface area contributed by atoms with E-state index < -0.39 is 10.0 Å². The molecule has 0 bridgehead atoms. The van der Waals surface area contributed by atoms with Crippen LogP contribution >= 0.6 is 11.3 Å². The molecular weight excluding hydrogens is 270 g/mol. The van der Waals surface area contributed by atoms with Gasteiger partial charge in [0.15, 0.2) is 0 Å². The second kappa shape index (κ2) is 4.30. The molecule has 2 fully saturated rings. The van der Waals surface area contributed by atoms with Crippen molar-refractivity contribution in [2.45, 2.75) is 37.2 Å². The molecule has 1 aromatic rings. The van der Waals surface area contributed by atoms with Gasteiger partial charge >= 0.3 is 0 Å². The molecule has 3 rings (SSSR count). The zero-order valence-corrected chi connectivity index (χ0v) is 11.7. The highest BCUT2D eigenvalue weighted by Gasteiger charge is 2.53. The van der Waals surface area contributed by atoms with Crippen LogP contribution < -0.4 is 4.72 Å². The smallest absolute Gasteiger partial charge is 0.241 e. The molecule has 0 unspecified atom stereocenters. The Hall–Kier alpha value is -0.430. The molecule has 2 saturated carbocycles. The normalized spacial score (nSPS) is 22.1. The lowest BCUT2D eigenvalue weighted by atomic mass is 10.0. The Labute approximate surface area is 111 Å². The molecule has 1 heterocycles. The summed E-state index contributed by atoms with van der Waals surface area (Å²) in [5.74, 6) is 0.736. The first-order chi connectivity index (χ1) is 8.57. The van der Waals surface area contributed by atoms with Crippen molar-refractivity contribution in [1.29, 1.82) is 0 Å². The van der Waals surface area contributed by atoms with Gasteiger partial charge in [0, 0.05) is 11.4 Å². The highest BCUT2D eigenvalue weighted by molar-refractivity contribution is 7.89. The summed E-state index contributed by atoms with van der Waals surface area (Å²) in [6.07, 6.45) is 4.80. The molecule has 2 N–H and O–H groups in total. The predicted octanol–water partition coefficient (Wildman–Crippen LogP) is 1.71. The van der Waals surface area contributed by atoms with Crippen LogP contribution in [0.1, 0.15) is 30.6 Å². The molecule has 0 aliphatic heterocycles.